The van der Waals surface area contributed by atoms with Gasteiger partial charge in [-0.2, -0.15) is 0 Å². The van der Waals surface area contributed by atoms with E-state index >= 15 is 0 Å². The number of rotatable bonds is 2. The van der Waals surface area contributed by atoms with Crippen LogP contribution in [0.1, 0.15) is 6.92 Å². The molecule has 0 saturated carbocycles. The Hall–Kier alpha value is -1.01. The SMILES string of the molecule is CC#CCOC(=O)C[O]. The summed E-state index contributed by atoms with van der Waals surface area (Å²) in [6.07, 6.45) is 0. The normalized spacial score (nSPS) is 7.33. The van der Waals surface area contributed by atoms with Gasteiger partial charge < -0.3 is 4.74 Å². The Morgan fingerprint density at radius 2 is 2.33 bits per heavy atom. The molecule has 0 rings (SSSR count). The van der Waals surface area contributed by atoms with Crippen molar-refractivity contribution in [3.05, 3.63) is 0 Å². The molecule has 0 aliphatic heterocycles. The minimum absolute atomic E-state index is 0.0254. The smallest absolute Gasteiger partial charge is 0.336 e. The van der Waals surface area contributed by atoms with Crippen LogP contribution in [-0.4, -0.2) is 19.2 Å². The standard InChI is InChI=1S/C6H7O3/c1-2-3-4-9-6(8)5-7/h4-5H2,1H3. The van der Waals surface area contributed by atoms with Gasteiger partial charge in [-0.25, -0.2) is 9.90 Å². The van der Waals surface area contributed by atoms with Gasteiger partial charge in [0.25, 0.3) is 0 Å². The second kappa shape index (κ2) is 5.13. The predicted molar refractivity (Wildman–Crippen MR) is 30.0 cm³/mol. The fraction of sp³-hybridized carbons (Fsp3) is 0.500. The van der Waals surface area contributed by atoms with Gasteiger partial charge in [0.1, 0.15) is 0 Å². The fourth-order valence-corrected chi connectivity index (χ4v) is 0.230. The molecular weight excluding hydrogens is 120 g/mol. The Morgan fingerprint density at radius 3 is 2.78 bits per heavy atom. The highest BCUT2D eigenvalue weighted by molar-refractivity contribution is 5.70. The van der Waals surface area contributed by atoms with E-state index < -0.39 is 12.6 Å². The van der Waals surface area contributed by atoms with Crippen molar-refractivity contribution in [2.45, 2.75) is 6.92 Å². The maximum absolute atomic E-state index is 10.1. The second-order valence-electron chi connectivity index (χ2n) is 1.23. The molecule has 0 aromatic heterocycles. The summed E-state index contributed by atoms with van der Waals surface area (Å²) >= 11 is 0. The lowest BCUT2D eigenvalue weighted by Gasteiger charge is -1.92. The van der Waals surface area contributed by atoms with Gasteiger partial charge >= 0.3 is 5.97 Å². The van der Waals surface area contributed by atoms with Crippen molar-refractivity contribution in [1.82, 2.24) is 0 Å². The summed E-state index contributed by atoms with van der Waals surface area (Å²) in [5, 5.41) is 9.70. The molecule has 1 radical (unpaired) electrons. The Balaban J connectivity index is 3.24. The summed E-state index contributed by atoms with van der Waals surface area (Å²) in [6.45, 7) is 0.827. The lowest BCUT2D eigenvalue weighted by atomic mass is 10.6. The quantitative estimate of drug-likeness (QED) is 0.386. The number of carbonyl (C=O) groups is 1. The van der Waals surface area contributed by atoms with Crippen LogP contribution in [-0.2, 0) is 14.6 Å². The first-order chi connectivity index (χ1) is 4.31. The second-order valence-corrected chi connectivity index (χ2v) is 1.23. The van der Waals surface area contributed by atoms with E-state index in [1.807, 2.05) is 0 Å². The highest BCUT2D eigenvalue weighted by Crippen LogP contribution is 1.73. The predicted octanol–water partition coefficient (Wildman–Crippen LogP) is -0.0166. The topological polar surface area (TPSA) is 46.2 Å². The molecule has 49 valence electrons. The van der Waals surface area contributed by atoms with Crippen LogP contribution in [0.2, 0.25) is 0 Å². The van der Waals surface area contributed by atoms with E-state index in [0.717, 1.165) is 0 Å². The van der Waals surface area contributed by atoms with E-state index in [-0.39, 0.29) is 6.61 Å². The van der Waals surface area contributed by atoms with Gasteiger partial charge in [0.2, 0.25) is 0 Å². The molecule has 0 unspecified atom stereocenters. The zero-order chi connectivity index (χ0) is 7.11. The molecule has 0 bridgehead atoms. The highest BCUT2D eigenvalue weighted by Gasteiger charge is 1.95. The van der Waals surface area contributed by atoms with Crippen LogP contribution in [0.3, 0.4) is 0 Å². The zero-order valence-electron chi connectivity index (χ0n) is 5.14. The molecule has 3 heteroatoms. The Kier molecular flexibility index (Phi) is 4.56. The van der Waals surface area contributed by atoms with Crippen LogP contribution in [0.25, 0.3) is 0 Å². The van der Waals surface area contributed by atoms with E-state index in [2.05, 4.69) is 16.6 Å². The largest absolute Gasteiger partial charge is 0.451 e. The summed E-state index contributed by atoms with van der Waals surface area (Å²) < 4.78 is 4.31. The summed E-state index contributed by atoms with van der Waals surface area (Å²) in [5.74, 6) is 4.25. The number of esters is 1. The summed E-state index contributed by atoms with van der Waals surface area (Å²) in [7, 11) is 0. The van der Waals surface area contributed by atoms with Gasteiger partial charge in [0, 0.05) is 0 Å². The molecule has 0 aromatic carbocycles. The lowest BCUT2D eigenvalue weighted by Crippen LogP contribution is -2.07. The van der Waals surface area contributed by atoms with Crippen molar-refractivity contribution in [3.8, 4) is 11.8 Å². The number of hydrogen-bond donors (Lipinski definition) is 0. The van der Waals surface area contributed by atoms with E-state index in [1.54, 1.807) is 6.92 Å². The third kappa shape index (κ3) is 4.85. The van der Waals surface area contributed by atoms with Crippen LogP contribution in [0.5, 0.6) is 0 Å². The maximum Gasteiger partial charge on any atom is 0.336 e. The number of hydrogen-bond acceptors (Lipinski definition) is 2. The van der Waals surface area contributed by atoms with Gasteiger partial charge in [-0.05, 0) is 6.92 Å². The number of ether oxygens (including phenoxy) is 1. The van der Waals surface area contributed by atoms with Gasteiger partial charge in [0.15, 0.2) is 13.2 Å². The molecule has 0 amide bonds. The van der Waals surface area contributed by atoms with Crippen LogP contribution < -0.4 is 0 Å². The maximum atomic E-state index is 10.1. The van der Waals surface area contributed by atoms with E-state index in [9.17, 15) is 9.90 Å². The lowest BCUT2D eigenvalue weighted by molar-refractivity contribution is -0.147. The molecule has 0 aliphatic rings. The molecule has 9 heavy (non-hydrogen) atoms. The molecule has 0 fully saturated rings. The summed E-state index contributed by atoms with van der Waals surface area (Å²) in [6, 6.07) is 0. The summed E-state index contributed by atoms with van der Waals surface area (Å²) in [5.41, 5.74) is 0. The first-order valence-electron chi connectivity index (χ1n) is 2.44. The Bertz CT molecular complexity index is 140. The molecule has 0 aliphatic carbocycles. The van der Waals surface area contributed by atoms with E-state index in [1.165, 1.54) is 0 Å². The van der Waals surface area contributed by atoms with Crippen LogP contribution in [0.4, 0.5) is 0 Å². The molecule has 0 aromatic rings. The van der Waals surface area contributed by atoms with Crippen molar-refractivity contribution in [1.29, 1.82) is 0 Å². The minimum atomic E-state index is -0.828. The third-order valence-electron chi connectivity index (χ3n) is 0.600. The zero-order valence-corrected chi connectivity index (χ0v) is 5.14. The third-order valence-corrected chi connectivity index (χ3v) is 0.600. The Labute approximate surface area is 53.6 Å². The van der Waals surface area contributed by atoms with Crippen molar-refractivity contribution in [3.63, 3.8) is 0 Å². The van der Waals surface area contributed by atoms with Gasteiger partial charge in [0.05, 0.1) is 0 Å². The van der Waals surface area contributed by atoms with Gasteiger partial charge in [-0.1, -0.05) is 5.92 Å². The molecule has 0 heterocycles. The van der Waals surface area contributed by atoms with Crippen molar-refractivity contribution in [2.75, 3.05) is 13.2 Å². The van der Waals surface area contributed by atoms with E-state index in [0.29, 0.717) is 0 Å². The monoisotopic (exact) mass is 127 g/mol. The molecule has 0 spiro atoms. The average Bonchev–Trinajstić information content (AvgIpc) is 1.89. The van der Waals surface area contributed by atoms with Crippen LogP contribution >= 0.6 is 0 Å². The van der Waals surface area contributed by atoms with Gasteiger partial charge in [-0.3, -0.25) is 0 Å². The summed E-state index contributed by atoms with van der Waals surface area (Å²) in [4.78, 5) is 10.1. The average molecular weight is 127 g/mol. The minimum Gasteiger partial charge on any atom is -0.451 e. The van der Waals surface area contributed by atoms with Crippen LogP contribution in [0.15, 0.2) is 0 Å². The molecule has 0 N–H and O–H groups in total. The molecule has 0 saturated heterocycles. The number of carbonyl (C=O) groups excluding carboxylic acids is 1. The highest BCUT2D eigenvalue weighted by atomic mass is 16.5. The molecule has 3 nitrogen and oxygen atoms in total. The van der Waals surface area contributed by atoms with Crippen molar-refractivity contribution in [2.24, 2.45) is 0 Å². The van der Waals surface area contributed by atoms with Gasteiger partial charge in [-0.15, -0.1) is 5.92 Å². The Morgan fingerprint density at radius 1 is 1.67 bits per heavy atom. The molecule has 0 atom stereocenters. The van der Waals surface area contributed by atoms with Crippen molar-refractivity contribution < 1.29 is 14.6 Å². The van der Waals surface area contributed by atoms with Crippen LogP contribution in [0, 0.1) is 11.8 Å². The fourth-order valence-electron chi connectivity index (χ4n) is 0.230. The van der Waals surface area contributed by atoms with E-state index in [4.69, 9.17) is 0 Å². The van der Waals surface area contributed by atoms with Crippen molar-refractivity contribution >= 4 is 5.97 Å². The molecular formula is C6H7O3. The first-order valence-corrected chi connectivity index (χ1v) is 2.44. The first kappa shape index (κ1) is 7.99.